The molecule has 0 spiro atoms. The van der Waals surface area contributed by atoms with Crippen LogP contribution in [0.4, 0.5) is 0 Å². The molecule has 18 heavy (non-hydrogen) atoms. The molecule has 0 rings (SSSR count). The third-order valence-corrected chi connectivity index (χ3v) is 1.05. The predicted octanol–water partition coefficient (Wildman–Crippen LogP) is -3.16. The van der Waals surface area contributed by atoms with Crippen LogP contribution in [0.15, 0.2) is 0 Å². The number of aliphatic hydroxyl groups excluding tert-OH is 1. The SMILES string of the molecule is NCC(=O)O.NCCC(=O)O.N[C@@H](CO)C(=O)O. The van der Waals surface area contributed by atoms with Gasteiger partial charge >= 0.3 is 17.9 Å². The van der Waals surface area contributed by atoms with E-state index < -0.39 is 30.6 Å². The highest BCUT2D eigenvalue weighted by Gasteiger charge is 2.06. The molecule has 0 fully saturated rings. The largest absolute Gasteiger partial charge is 0.481 e. The molecule has 0 aliphatic carbocycles. The third kappa shape index (κ3) is 29.2. The molecule has 0 amide bonds. The van der Waals surface area contributed by atoms with Gasteiger partial charge in [0.2, 0.25) is 0 Å². The molecule has 0 aromatic carbocycles. The van der Waals surface area contributed by atoms with E-state index in [1.165, 1.54) is 0 Å². The van der Waals surface area contributed by atoms with Crippen molar-refractivity contribution in [3.05, 3.63) is 0 Å². The van der Waals surface area contributed by atoms with Crippen LogP contribution in [0.5, 0.6) is 0 Å². The molecule has 10 N–H and O–H groups in total. The summed E-state index contributed by atoms with van der Waals surface area (Å²) in [6.45, 7) is -0.551. The first-order valence-corrected chi connectivity index (χ1v) is 4.65. The Labute approximate surface area is 103 Å². The van der Waals surface area contributed by atoms with Crippen molar-refractivity contribution in [1.82, 2.24) is 0 Å². The maximum absolute atomic E-state index is 9.65. The van der Waals surface area contributed by atoms with Crippen molar-refractivity contribution in [2.75, 3.05) is 19.7 Å². The van der Waals surface area contributed by atoms with Crippen LogP contribution < -0.4 is 17.2 Å². The fourth-order valence-corrected chi connectivity index (χ4v) is 0.202. The molecule has 0 saturated heterocycles. The molecule has 0 saturated carbocycles. The Morgan fingerprint density at radius 1 is 1.00 bits per heavy atom. The van der Waals surface area contributed by atoms with Crippen molar-refractivity contribution in [1.29, 1.82) is 0 Å². The summed E-state index contributed by atoms with van der Waals surface area (Å²) >= 11 is 0. The standard InChI is InChI=1S/C3H7NO3.C3H7NO2.C2H5NO2/c4-2(1-5)3(6)7;4-2-1-3(5)6;3-1-2(4)5/h2,5H,1,4H2,(H,6,7);1-2,4H2,(H,5,6);1,3H2,(H,4,5)/t2-;;/m0../s1. The Morgan fingerprint density at radius 3 is 1.39 bits per heavy atom. The molecule has 0 unspecified atom stereocenters. The first-order chi connectivity index (χ1) is 8.22. The van der Waals surface area contributed by atoms with Gasteiger partial charge < -0.3 is 37.6 Å². The van der Waals surface area contributed by atoms with Gasteiger partial charge in [-0.25, -0.2) is 0 Å². The number of hydrogen-bond donors (Lipinski definition) is 7. The average Bonchev–Trinajstić information content (AvgIpc) is 2.29. The van der Waals surface area contributed by atoms with E-state index in [0.717, 1.165) is 0 Å². The van der Waals surface area contributed by atoms with Gasteiger partial charge in [-0.2, -0.15) is 0 Å². The van der Waals surface area contributed by atoms with E-state index in [1.807, 2.05) is 0 Å². The van der Waals surface area contributed by atoms with Crippen molar-refractivity contribution in [2.45, 2.75) is 12.5 Å². The minimum atomic E-state index is -1.18. The van der Waals surface area contributed by atoms with E-state index in [-0.39, 0.29) is 19.5 Å². The van der Waals surface area contributed by atoms with E-state index in [0.29, 0.717) is 0 Å². The Balaban J connectivity index is -0.000000190. The predicted molar refractivity (Wildman–Crippen MR) is 60.7 cm³/mol. The molecular formula is C8H19N3O7. The number of carboxylic acid groups (broad SMARTS) is 3. The monoisotopic (exact) mass is 269 g/mol. The second-order valence-corrected chi connectivity index (χ2v) is 2.66. The van der Waals surface area contributed by atoms with E-state index in [9.17, 15) is 14.4 Å². The van der Waals surface area contributed by atoms with Gasteiger partial charge in [-0.05, 0) is 0 Å². The lowest BCUT2D eigenvalue weighted by Crippen LogP contribution is -2.33. The van der Waals surface area contributed by atoms with Crippen LogP contribution in [0.1, 0.15) is 6.42 Å². The molecule has 0 aliphatic rings. The normalized spacial score (nSPS) is 10.0. The highest BCUT2D eigenvalue weighted by atomic mass is 16.4. The smallest absolute Gasteiger partial charge is 0.322 e. The summed E-state index contributed by atoms with van der Waals surface area (Å²) in [5.74, 6) is -2.98. The number of aliphatic hydroxyl groups is 1. The van der Waals surface area contributed by atoms with Gasteiger partial charge in [0, 0.05) is 6.54 Å². The Hall–Kier alpha value is -1.75. The molecule has 108 valence electrons. The van der Waals surface area contributed by atoms with Gasteiger partial charge in [0.25, 0.3) is 0 Å². The summed E-state index contributed by atoms with van der Waals surface area (Å²) in [6, 6.07) is -1.13. The highest BCUT2D eigenvalue weighted by Crippen LogP contribution is 1.71. The van der Waals surface area contributed by atoms with Gasteiger partial charge in [0.15, 0.2) is 0 Å². The Kier molecular flexibility index (Phi) is 18.2. The number of carbonyl (C=O) groups is 3. The fourth-order valence-electron chi connectivity index (χ4n) is 0.202. The van der Waals surface area contributed by atoms with Gasteiger partial charge in [-0.15, -0.1) is 0 Å². The average molecular weight is 269 g/mol. The minimum Gasteiger partial charge on any atom is -0.481 e. The van der Waals surface area contributed by atoms with Crippen molar-refractivity contribution >= 4 is 17.9 Å². The first-order valence-electron chi connectivity index (χ1n) is 4.65. The van der Waals surface area contributed by atoms with Crippen LogP contribution in [0.3, 0.4) is 0 Å². The summed E-state index contributed by atoms with van der Waals surface area (Å²) in [5, 5.41) is 31.3. The first kappa shape index (κ1) is 21.5. The summed E-state index contributed by atoms with van der Waals surface area (Å²) < 4.78 is 0. The number of aliphatic carboxylic acids is 3. The zero-order chi connectivity index (χ0) is 15.1. The minimum absolute atomic E-state index is 0.0694. The molecule has 10 heteroatoms. The molecule has 10 nitrogen and oxygen atoms in total. The van der Waals surface area contributed by atoms with Crippen molar-refractivity contribution in [3.63, 3.8) is 0 Å². The van der Waals surface area contributed by atoms with Crippen molar-refractivity contribution in [3.8, 4) is 0 Å². The Bertz CT molecular complexity index is 247. The van der Waals surface area contributed by atoms with Gasteiger partial charge in [-0.1, -0.05) is 0 Å². The number of hydrogen-bond acceptors (Lipinski definition) is 7. The summed E-state index contributed by atoms with van der Waals surface area (Å²) in [6.07, 6.45) is 0.0694. The second kappa shape index (κ2) is 15.2. The van der Waals surface area contributed by atoms with Crippen molar-refractivity contribution in [2.24, 2.45) is 17.2 Å². The molecule has 0 aromatic heterocycles. The molecular weight excluding hydrogens is 250 g/mol. The second-order valence-electron chi connectivity index (χ2n) is 2.66. The summed E-state index contributed by atoms with van der Waals surface area (Å²) in [5.41, 5.74) is 14.2. The van der Waals surface area contributed by atoms with Gasteiger partial charge in [-0.3, -0.25) is 14.4 Å². The summed E-state index contributed by atoms with van der Waals surface area (Å²) in [7, 11) is 0. The topological polar surface area (TPSA) is 210 Å². The molecule has 0 heterocycles. The van der Waals surface area contributed by atoms with Crippen LogP contribution in [0, 0.1) is 0 Å². The maximum Gasteiger partial charge on any atom is 0.322 e. The quantitative estimate of drug-likeness (QED) is 0.266. The van der Waals surface area contributed by atoms with Crippen LogP contribution in [0.2, 0.25) is 0 Å². The number of carboxylic acids is 3. The lowest BCUT2D eigenvalue weighted by Gasteiger charge is -1.96. The molecule has 0 bridgehead atoms. The van der Waals surface area contributed by atoms with Crippen molar-refractivity contribution < 1.29 is 34.8 Å². The van der Waals surface area contributed by atoms with Crippen LogP contribution in [0.25, 0.3) is 0 Å². The van der Waals surface area contributed by atoms with E-state index in [2.05, 4.69) is 5.73 Å². The molecule has 0 aliphatic heterocycles. The number of nitrogens with two attached hydrogens (primary N) is 3. The van der Waals surface area contributed by atoms with Crippen LogP contribution in [-0.4, -0.2) is 64.1 Å². The zero-order valence-corrected chi connectivity index (χ0v) is 9.65. The zero-order valence-electron chi connectivity index (χ0n) is 9.65. The maximum atomic E-state index is 9.65. The lowest BCUT2D eigenvalue weighted by molar-refractivity contribution is -0.139. The molecule has 0 radical (unpaired) electrons. The van der Waals surface area contributed by atoms with E-state index in [1.54, 1.807) is 0 Å². The highest BCUT2D eigenvalue weighted by molar-refractivity contribution is 5.73. The fraction of sp³-hybridized carbons (Fsp3) is 0.625. The van der Waals surface area contributed by atoms with Crippen LogP contribution >= 0.6 is 0 Å². The van der Waals surface area contributed by atoms with E-state index >= 15 is 0 Å². The van der Waals surface area contributed by atoms with E-state index in [4.69, 9.17) is 31.9 Å². The number of rotatable bonds is 5. The van der Waals surface area contributed by atoms with Gasteiger partial charge in [0.05, 0.1) is 19.6 Å². The lowest BCUT2D eigenvalue weighted by atomic mass is 10.3. The third-order valence-electron chi connectivity index (χ3n) is 1.05. The molecule has 1 atom stereocenters. The van der Waals surface area contributed by atoms with Crippen LogP contribution in [-0.2, 0) is 14.4 Å². The Morgan fingerprint density at radius 2 is 1.39 bits per heavy atom. The summed E-state index contributed by atoms with van der Waals surface area (Å²) in [4.78, 5) is 28.4. The molecule has 0 aromatic rings. The van der Waals surface area contributed by atoms with Gasteiger partial charge in [0.1, 0.15) is 6.04 Å².